The molecule has 2 aliphatic heterocycles. The Morgan fingerprint density at radius 2 is 2.40 bits per heavy atom. The maximum atomic E-state index is 12.4. The molecule has 2 aliphatic rings. The Labute approximate surface area is 122 Å². The molecule has 1 amide bonds. The van der Waals surface area contributed by atoms with Crippen LogP contribution in [0.3, 0.4) is 0 Å². The Kier molecular flexibility index (Phi) is 3.72. The SMILES string of the molecule is CC1CSCCN1C(=O)c1cn(CC2(C)COC2)nn1. The highest BCUT2D eigenvalue weighted by Gasteiger charge is 2.34. The summed E-state index contributed by atoms with van der Waals surface area (Å²) in [6, 6.07) is 0.268. The van der Waals surface area contributed by atoms with Crippen LogP contribution in [-0.2, 0) is 11.3 Å². The second-order valence-electron chi connectivity index (χ2n) is 6.03. The van der Waals surface area contributed by atoms with Crippen LogP contribution in [0.15, 0.2) is 6.20 Å². The number of ether oxygens (including phenoxy) is 1. The Balaban J connectivity index is 1.67. The van der Waals surface area contributed by atoms with Gasteiger partial charge in [0.25, 0.3) is 5.91 Å². The van der Waals surface area contributed by atoms with E-state index < -0.39 is 0 Å². The minimum absolute atomic E-state index is 0.000868. The van der Waals surface area contributed by atoms with Gasteiger partial charge in [0, 0.05) is 29.5 Å². The van der Waals surface area contributed by atoms with Crippen molar-refractivity contribution in [2.45, 2.75) is 26.4 Å². The van der Waals surface area contributed by atoms with Crippen molar-refractivity contribution in [2.24, 2.45) is 5.41 Å². The van der Waals surface area contributed by atoms with Crippen LogP contribution in [0.1, 0.15) is 24.3 Å². The van der Waals surface area contributed by atoms with E-state index in [2.05, 4.69) is 24.2 Å². The molecule has 7 heteroatoms. The van der Waals surface area contributed by atoms with Crippen molar-refractivity contribution >= 4 is 17.7 Å². The molecule has 0 aromatic carbocycles. The highest BCUT2D eigenvalue weighted by Crippen LogP contribution is 2.28. The molecule has 2 saturated heterocycles. The summed E-state index contributed by atoms with van der Waals surface area (Å²) in [6.45, 7) is 7.28. The van der Waals surface area contributed by atoms with Gasteiger partial charge in [-0.15, -0.1) is 5.10 Å². The molecule has 3 rings (SSSR count). The van der Waals surface area contributed by atoms with Crippen molar-refractivity contribution < 1.29 is 9.53 Å². The standard InChI is InChI=1S/C13H20N4O2S/c1-10-6-20-4-3-17(10)12(18)11-5-16(15-14-11)7-13(2)8-19-9-13/h5,10H,3-4,6-9H2,1-2H3. The Morgan fingerprint density at radius 1 is 1.60 bits per heavy atom. The summed E-state index contributed by atoms with van der Waals surface area (Å²) in [5, 5.41) is 8.13. The van der Waals surface area contributed by atoms with Crippen LogP contribution in [-0.4, -0.2) is 63.1 Å². The van der Waals surface area contributed by atoms with Crippen LogP contribution in [0.25, 0.3) is 0 Å². The zero-order chi connectivity index (χ0) is 14.2. The number of carbonyl (C=O) groups is 1. The van der Waals surface area contributed by atoms with E-state index in [1.807, 2.05) is 16.7 Å². The number of nitrogens with zero attached hydrogens (tertiary/aromatic N) is 4. The van der Waals surface area contributed by atoms with E-state index in [-0.39, 0.29) is 17.4 Å². The molecule has 0 bridgehead atoms. The number of carbonyl (C=O) groups excluding carboxylic acids is 1. The third-order valence-electron chi connectivity index (χ3n) is 3.83. The number of hydrogen-bond donors (Lipinski definition) is 0. The Hall–Kier alpha value is -1.08. The van der Waals surface area contributed by atoms with Crippen molar-refractivity contribution in [3.05, 3.63) is 11.9 Å². The summed E-state index contributed by atoms with van der Waals surface area (Å²) in [6.07, 6.45) is 1.76. The lowest BCUT2D eigenvalue weighted by molar-refractivity contribution is -0.111. The van der Waals surface area contributed by atoms with E-state index in [9.17, 15) is 4.79 Å². The van der Waals surface area contributed by atoms with Crippen LogP contribution in [0.4, 0.5) is 0 Å². The molecule has 20 heavy (non-hydrogen) atoms. The molecule has 6 nitrogen and oxygen atoms in total. The first-order valence-corrected chi connectivity index (χ1v) is 8.09. The maximum Gasteiger partial charge on any atom is 0.276 e. The Morgan fingerprint density at radius 3 is 3.05 bits per heavy atom. The smallest absolute Gasteiger partial charge is 0.276 e. The maximum absolute atomic E-state index is 12.4. The highest BCUT2D eigenvalue weighted by atomic mass is 32.2. The average Bonchev–Trinajstić information content (AvgIpc) is 2.85. The number of thioether (sulfide) groups is 1. The Bertz CT molecular complexity index is 500. The molecule has 1 aromatic rings. The topological polar surface area (TPSA) is 60.2 Å². The summed E-state index contributed by atoms with van der Waals surface area (Å²) in [5.74, 6) is 1.99. The highest BCUT2D eigenvalue weighted by molar-refractivity contribution is 7.99. The molecule has 1 aromatic heterocycles. The van der Waals surface area contributed by atoms with Gasteiger partial charge < -0.3 is 9.64 Å². The van der Waals surface area contributed by atoms with Crippen LogP contribution in [0.5, 0.6) is 0 Å². The van der Waals surface area contributed by atoms with Gasteiger partial charge in [-0.1, -0.05) is 12.1 Å². The monoisotopic (exact) mass is 296 g/mol. The van der Waals surface area contributed by atoms with Crippen molar-refractivity contribution in [1.29, 1.82) is 0 Å². The molecular formula is C13H20N4O2S. The van der Waals surface area contributed by atoms with Crippen LogP contribution < -0.4 is 0 Å². The second kappa shape index (κ2) is 5.37. The fourth-order valence-electron chi connectivity index (χ4n) is 2.58. The second-order valence-corrected chi connectivity index (χ2v) is 7.18. The molecule has 3 heterocycles. The third kappa shape index (κ3) is 2.69. The molecule has 1 atom stereocenters. The summed E-state index contributed by atoms with van der Waals surface area (Å²) in [7, 11) is 0. The van der Waals surface area contributed by atoms with Crippen LogP contribution >= 0.6 is 11.8 Å². The summed E-state index contributed by atoms with van der Waals surface area (Å²) >= 11 is 1.89. The van der Waals surface area contributed by atoms with Gasteiger partial charge in [-0.3, -0.25) is 9.48 Å². The predicted octanol–water partition coefficient (Wildman–Crippen LogP) is 0.892. The van der Waals surface area contributed by atoms with E-state index >= 15 is 0 Å². The first-order chi connectivity index (χ1) is 9.57. The number of amides is 1. The zero-order valence-corrected chi connectivity index (χ0v) is 12.7. The van der Waals surface area contributed by atoms with Gasteiger partial charge in [-0.2, -0.15) is 11.8 Å². The molecule has 0 spiro atoms. The average molecular weight is 296 g/mol. The number of hydrogen-bond acceptors (Lipinski definition) is 5. The number of rotatable bonds is 3. The summed E-state index contributed by atoms with van der Waals surface area (Å²) < 4.78 is 7.00. The van der Waals surface area contributed by atoms with E-state index in [4.69, 9.17) is 4.74 Å². The van der Waals surface area contributed by atoms with Gasteiger partial charge in [-0.05, 0) is 6.92 Å². The van der Waals surface area contributed by atoms with Gasteiger partial charge >= 0.3 is 0 Å². The molecule has 0 aliphatic carbocycles. The molecule has 0 saturated carbocycles. The van der Waals surface area contributed by atoms with Crippen molar-refractivity contribution in [2.75, 3.05) is 31.3 Å². The largest absolute Gasteiger partial charge is 0.380 e. The molecule has 0 radical (unpaired) electrons. The first kappa shape index (κ1) is 13.9. The zero-order valence-electron chi connectivity index (χ0n) is 11.9. The minimum atomic E-state index is -0.000868. The quantitative estimate of drug-likeness (QED) is 0.829. The fraction of sp³-hybridized carbons (Fsp3) is 0.769. The van der Waals surface area contributed by atoms with Crippen molar-refractivity contribution in [1.82, 2.24) is 19.9 Å². The van der Waals surface area contributed by atoms with Crippen molar-refractivity contribution in [3.8, 4) is 0 Å². The third-order valence-corrected chi connectivity index (χ3v) is 5.02. The molecular weight excluding hydrogens is 276 g/mol. The van der Waals surface area contributed by atoms with E-state index in [1.54, 1.807) is 10.9 Å². The van der Waals surface area contributed by atoms with Gasteiger partial charge in [-0.25, -0.2) is 0 Å². The summed E-state index contributed by atoms with van der Waals surface area (Å²) in [4.78, 5) is 14.4. The normalized spacial score (nSPS) is 25.3. The van der Waals surface area contributed by atoms with Gasteiger partial charge in [0.2, 0.25) is 0 Å². The first-order valence-electron chi connectivity index (χ1n) is 6.94. The van der Waals surface area contributed by atoms with Crippen molar-refractivity contribution in [3.63, 3.8) is 0 Å². The van der Waals surface area contributed by atoms with Gasteiger partial charge in [0.15, 0.2) is 5.69 Å². The van der Waals surface area contributed by atoms with E-state index in [1.165, 1.54) is 0 Å². The van der Waals surface area contributed by atoms with Crippen LogP contribution in [0.2, 0.25) is 0 Å². The molecule has 110 valence electrons. The fourth-order valence-corrected chi connectivity index (χ4v) is 3.60. The van der Waals surface area contributed by atoms with E-state index in [0.717, 1.165) is 37.8 Å². The number of aromatic nitrogens is 3. The molecule has 2 fully saturated rings. The predicted molar refractivity (Wildman–Crippen MR) is 76.8 cm³/mol. The molecule has 0 N–H and O–H groups in total. The summed E-state index contributed by atoms with van der Waals surface area (Å²) in [5.41, 5.74) is 0.580. The van der Waals surface area contributed by atoms with E-state index in [0.29, 0.717) is 5.69 Å². The molecule has 1 unspecified atom stereocenters. The van der Waals surface area contributed by atoms with Crippen LogP contribution in [0, 0.1) is 5.41 Å². The lowest BCUT2D eigenvalue weighted by Gasteiger charge is -2.37. The van der Waals surface area contributed by atoms with Gasteiger partial charge in [0.1, 0.15) is 0 Å². The lowest BCUT2D eigenvalue weighted by Crippen LogP contribution is -2.44. The van der Waals surface area contributed by atoms with Gasteiger partial charge in [0.05, 0.1) is 26.0 Å². The lowest BCUT2D eigenvalue weighted by atomic mass is 9.89. The minimum Gasteiger partial charge on any atom is -0.380 e.